The molecule has 0 bridgehead atoms. The van der Waals surface area contributed by atoms with Crippen molar-refractivity contribution in [1.29, 1.82) is 5.26 Å². The van der Waals surface area contributed by atoms with Crippen molar-refractivity contribution >= 4 is 17.1 Å². The number of amides is 1. The van der Waals surface area contributed by atoms with Crippen molar-refractivity contribution in [2.75, 3.05) is 11.9 Å². The number of carbonyl (C=O) groups excluding carboxylic acids is 1. The smallest absolute Gasteiger partial charge is 0.299 e. The third-order valence-corrected chi connectivity index (χ3v) is 7.02. The van der Waals surface area contributed by atoms with Crippen molar-refractivity contribution in [2.45, 2.75) is 83.9 Å². The Morgan fingerprint density at radius 2 is 1.92 bits per heavy atom. The summed E-state index contributed by atoms with van der Waals surface area (Å²) in [7, 11) is 0. The number of hydroxylamine groups is 1. The van der Waals surface area contributed by atoms with E-state index < -0.39 is 11.5 Å². The van der Waals surface area contributed by atoms with E-state index in [4.69, 9.17) is 15.3 Å². The highest BCUT2D eigenvalue weighted by molar-refractivity contribution is 5.93. The summed E-state index contributed by atoms with van der Waals surface area (Å²) in [5.41, 5.74) is 13.8. The van der Waals surface area contributed by atoms with E-state index in [0.29, 0.717) is 36.3 Å². The van der Waals surface area contributed by atoms with Crippen LogP contribution in [-0.2, 0) is 17.7 Å². The van der Waals surface area contributed by atoms with Crippen LogP contribution < -0.4 is 21.3 Å². The van der Waals surface area contributed by atoms with Gasteiger partial charge in [-0.25, -0.2) is 9.35 Å². The van der Waals surface area contributed by atoms with Gasteiger partial charge in [0.15, 0.2) is 0 Å². The molecule has 0 unspecified atom stereocenters. The molecule has 1 aliphatic rings. The molecule has 9 nitrogen and oxygen atoms in total. The zero-order chi connectivity index (χ0) is 27.3. The lowest BCUT2D eigenvalue weighted by Crippen LogP contribution is -2.35. The number of nitrogens with two attached hydrogens (primary N) is 1. The van der Waals surface area contributed by atoms with E-state index in [0.717, 1.165) is 48.1 Å². The van der Waals surface area contributed by atoms with E-state index in [1.807, 2.05) is 31.4 Å². The highest BCUT2D eigenvalue weighted by Crippen LogP contribution is 2.34. The van der Waals surface area contributed by atoms with Gasteiger partial charge in [0.1, 0.15) is 17.4 Å². The summed E-state index contributed by atoms with van der Waals surface area (Å²) in [4.78, 5) is 18.5. The average molecular weight is 518 g/mol. The predicted octanol–water partition coefficient (Wildman–Crippen LogP) is 4.55. The number of nitriles is 1. The summed E-state index contributed by atoms with van der Waals surface area (Å²) < 4.78 is 7.26. The lowest BCUT2D eigenvalue weighted by Gasteiger charge is -2.30. The molecular weight excluding hydrogens is 480 g/mol. The first-order chi connectivity index (χ1) is 18.3. The Bertz CT molecular complexity index is 1300. The first-order valence-corrected chi connectivity index (χ1v) is 13.4. The van der Waals surface area contributed by atoms with Gasteiger partial charge < -0.3 is 15.8 Å². The van der Waals surface area contributed by atoms with Crippen molar-refractivity contribution in [1.82, 2.24) is 15.1 Å². The number of anilines is 1. The Kier molecular flexibility index (Phi) is 8.55. The summed E-state index contributed by atoms with van der Waals surface area (Å²) in [6.07, 6.45) is 6.71. The first kappa shape index (κ1) is 27.4. The van der Waals surface area contributed by atoms with Crippen LogP contribution >= 0.6 is 0 Å². The van der Waals surface area contributed by atoms with Gasteiger partial charge in [-0.05, 0) is 88.8 Å². The number of nitrogens with one attached hydrogen (secondary N) is 1. The fraction of sp³-hybridized carbons (Fsp3) is 0.483. The second kappa shape index (κ2) is 11.8. The number of carbonyl (C=O) groups is 1. The normalized spacial score (nSPS) is 17.7. The molecule has 0 spiro atoms. The maximum Gasteiger partial charge on any atom is 0.299 e. The highest BCUT2D eigenvalue weighted by Gasteiger charge is 2.29. The molecule has 9 heteroatoms. The molecule has 2 aromatic heterocycles. The van der Waals surface area contributed by atoms with Crippen molar-refractivity contribution in [2.24, 2.45) is 5.73 Å². The number of hydrogen-bond acceptors (Lipinski definition) is 7. The summed E-state index contributed by atoms with van der Waals surface area (Å²) >= 11 is 0. The number of hydrogen-bond donors (Lipinski definition) is 2. The van der Waals surface area contributed by atoms with Gasteiger partial charge in [0, 0.05) is 24.1 Å². The zero-order valence-electron chi connectivity index (χ0n) is 22.7. The van der Waals surface area contributed by atoms with Crippen molar-refractivity contribution in [3.63, 3.8) is 0 Å². The molecule has 0 aliphatic heterocycles. The van der Waals surface area contributed by atoms with E-state index in [9.17, 15) is 10.1 Å². The SMILES string of the molecule is CCOc1ccc(C(=O)[N]OC(C)(C)Cc2c(CC)c(NC3CCC(N)CC3)c(C#N)c3ccnn23)cc1. The molecule has 38 heavy (non-hydrogen) atoms. The van der Waals surface area contributed by atoms with Gasteiger partial charge in [-0.3, -0.25) is 4.79 Å². The second-order valence-corrected chi connectivity index (χ2v) is 10.4. The third kappa shape index (κ3) is 6.09. The Morgan fingerprint density at radius 1 is 1.21 bits per heavy atom. The largest absolute Gasteiger partial charge is 0.494 e. The molecule has 201 valence electrons. The standard InChI is InChI=1S/C29H37N6O3/c1-5-23-26(17-29(3,4)38-34-28(36)19-7-13-22(14-8-19)37-6-2)35-25(15-16-32-35)24(18-30)27(23)33-21-11-9-20(31)10-12-21/h7-8,13-16,20-21,33H,5-6,9-12,17,31H2,1-4H3. The minimum absolute atomic E-state index is 0.244. The van der Waals surface area contributed by atoms with Crippen LogP contribution in [0, 0.1) is 11.3 Å². The van der Waals surface area contributed by atoms with E-state index in [2.05, 4.69) is 28.9 Å². The fourth-order valence-electron chi connectivity index (χ4n) is 5.07. The topological polar surface area (TPSA) is 129 Å². The molecule has 3 aromatic rings. The first-order valence-electron chi connectivity index (χ1n) is 13.4. The maximum atomic E-state index is 12.7. The zero-order valence-corrected chi connectivity index (χ0v) is 22.7. The monoisotopic (exact) mass is 517 g/mol. The van der Waals surface area contributed by atoms with Crippen LogP contribution in [0.1, 0.15) is 80.6 Å². The Hall–Kier alpha value is -3.61. The van der Waals surface area contributed by atoms with Crippen molar-refractivity contribution < 1.29 is 14.4 Å². The van der Waals surface area contributed by atoms with Crippen LogP contribution in [0.2, 0.25) is 0 Å². The van der Waals surface area contributed by atoms with Crippen LogP contribution in [0.4, 0.5) is 5.69 Å². The van der Waals surface area contributed by atoms with Gasteiger partial charge in [0.05, 0.1) is 35.3 Å². The average Bonchev–Trinajstić information content (AvgIpc) is 3.39. The van der Waals surface area contributed by atoms with Crippen LogP contribution in [0.5, 0.6) is 5.75 Å². The number of rotatable bonds is 10. The summed E-state index contributed by atoms with van der Waals surface area (Å²) in [6, 6.07) is 11.6. The maximum absolute atomic E-state index is 12.7. The quantitative estimate of drug-likeness (QED) is 0.378. The number of fused-ring (bicyclic) bond motifs is 1. The number of benzene rings is 1. The molecule has 3 N–H and O–H groups in total. The van der Waals surface area contributed by atoms with Gasteiger partial charge in [-0.2, -0.15) is 10.4 Å². The van der Waals surface area contributed by atoms with Gasteiger partial charge in [-0.15, -0.1) is 0 Å². The van der Waals surface area contributed by atoms with Crippen LogP contribution in [0.15, 0.2) is 36.5 Å². The summed E-state index contributed by atoms with van der Waals surface area (Å²) in [6.45, 7) is 8.32. The molecular formula is C29H37N6O3. The Balaban J connectivity index is 1.58. The number of nitrogens with zero attached hydrogens (tertiary/aromatic N) is 4. The van der Waals surface area contributed by atoms with E-state index in [1.54, 1.807) is 30.5 Å². The van der Waals surface area contributed by atoms with Crippen LogP contribution in [0.3, 0.4) is 0 Å². The van der Waals surface area contributed by atoms with Gasteiger partial charge in [0.2, 0.25) is 0 Å². The number of ether oxygens (including phenoxy) is 1. The molecule has 1 saturated carbocycles. The molecule has 1 aliphatic carbocycles. The predicted molar refractivity (Wildman–Crippen MR) is 146 cm³/mol. The second-order valence-electron chi connectivity index (χ2n) is 10.4. The molecule has 1 aromatic carbocycles. The fourth-order valence-corrected chi connectivity index (χ4v) is 5.07. The van der Waals surface area contributed by atoms with Crippen molar-refractivity contribution in [3.05, 3.63) is 58.9 Å². The number of aromatic nitrogens is 2. The Morgan fingerprint density at radius 3 is 2.55 bits per heavy atom. The molecule has 1 fully saturated rings. The van der Waals surface area contributed by atoms with E-state index in [-0.39, 0.29) is 12.1 Å². The highest BCUT2D eigenvalue weighted by atomic mass is 16.7. The lowest BCUT2D eigenvalue weighted by molar-refractivity contribution is -0.0757. The molecule has 1 radical (unpaired) electrons. The summed E-state index contributed by atoms with van der Waals surface area (Å²) in [5.74, 6) is 0.237. The lowest BCUT2D eigenvalue weighted by atomic mass is 9.90. The molecule has 1 amide bonds. The summed E-state index contributed by atoms with van der Waals surface area (Å²) in [5, 5.41) is 18.3. The molecule has 0 saturated heterocycles. The minimum atomic E-state index is -0.813. The Labute approximate surface area is 224 Å². The number of pyridine rings is 1. The van der Waals surface area contributed by atoms with Gasteiger partial charge in [-0.1, -0.05) is 12.4 Å². The van der Waals surface area contributed by atoms with Gasteiger partial charge in [0.25, 0.3) is 5.91 Å². The van der Waals surface area contributed by atoms with E-state index >= 15 is 0 Å². The van der Waals surface area contributed by atoms with Crippen molar-refractivity contribution in [3.8, 4) is 11.8 Å². The third-order valence-electron chi connectivity index (χ3n) is 7.02. The van der Waals surface area contributed by atoms with E-state index in [1.165, 1.54) is 0 Å². The molecule has 2 heterocycles. The molecule has 0 atom stereocenters. The molecule has 4 rings (SSSR count). The van der Waals surface area contributed by atoms with Gasteiger partial charge >= 0.3 is 0 Å². The van der Waals surface area contributed by atoms with Crippen LogP contribution in [-0.4, -0.2) is 39.8 Å². The van der Waals surface area contributed by atoms with Crippen LogP contribution in [0.25, 0.3) is 5.52 Å². The minimum Gasteiger partial charge on any atom is -0.494 e.